The van der Waals surface area contributed by atoms with Gasteiger partial charge < -0.3 is 5.11 Å². The molecule has 0 bridgehead atoms. The van der Waals surface area contributed by atoms with Gasteiger partial charge in [0.1, 0.15) is 17.4 Å². The number of ketones is 1. The zero-order valence-corrected chi connectivity index (χ0v) is 11.2. The Bertz CT molecular complexity index is 684. The van der Waals surface area contributed by atoms with Gasteiger partial charge in [-0.25, -0.2) is 0 Å². The van der Waals surface area contributed by atoms with Crippen LogP contribution in [-0.4, -0.2) is 10.9 Å². The number of aromatic hydroxyl groups is 1. The van der Waals surface area contributed by atoms with Gasteiger partial charge in [-0.3, -0.25) is 4.79 Å². The standard InChI is InChI=1S/C14H8ClNO2S/c15-11-7-9(3-4-12(11)17)6-10(8-16)14(18)13-2-1-5-19-13/h1-7,17H. The van der Waals surface area contributed by atoms with Gasteiger partial charge in [-0.1, -0.05) is 23.7 Å². The molecule has 0 saturated heterocycles. The van der Waals surface area contributed by atoms with Gasteiger partial charge in [-0.05, 0) is 35.2 Å². The highest BCUT2D eigenvalue weighted by molar-refractivity contribution is 7.12. The van der Waals surface area contributed by atoms with Gasteiger partial charge in [0.2, 0.25) is 5.78 Å². The SMILES string of the molecule is N#CC(=Cc1ccc(O)c(Cl)c1)C(=O)c1cccs1. The summed E-state index contributed by atoms with van der Waals surface area (Å²) in [5, 5.41) is 20.3. The number of hydrogen-bond acceptors (Lipinski definition) is 4. The lowest BCUT2D eigenvalue weighted by Gasteiger charge is -1.99. The zero-order valence-electron chi connectivity index (χ0n) is 9.63. The number of nitriles is 1. The number of benzene rings is 1. The molecule has 0 radical (unpaired) electrons. The maximum absolute atomic E-state index is 12.0. The van der Waals surface area contributed by atoms with Gasteiger partial charge in [0.25, 0.3) is 0 Å². The number of thiophene rings is 1. The predicted octanol–water partition coefficient (Wildman–Crippen LogP) is 3.90. The number of phenols is 1. The van der Waals surface area contributed by atoms with E-state index >= 15 is 0 Å². The van der Waals surface area contributed by atoms with Crippen LogP contribution >= 0.6 is 22.9 Å². The molecule has 0 fully saturated rings. The van der Waals surface area contributed by atoms with E-state index in [9.17, 15) is 9.90 Å². The molecule has 0 aliphatic rings. The van der Waals surface area contributed by atoms with Crippen molar-refractivity contribution in [3.63, 3.8) is 0 Å². The van der Waals surface area contributed by atoms with E-state index in [1.54, 1.807) is 23.6 Å². The average molecular weight is 290 g/mol. The Morgan fingerprint density at radius 3 is 2.79 bits per heavy atom. The van der Waals surface area contributed by atoms with Gasteiger partial charge >= 0.3 is 0 Å². The molecule has 0 amide bonds. The number of hydrogen-bond donors (Lipinski definition) is 1. The predicted molar refractivity (Wildman–Crippen MR) is 75.4 cm³/mol. The van der Waals surface area contributed by atoms with Crippen molar-refractivity contribution in [2.75, 3.05) is 0 Å². The first-order chi connectivity index (χ1) is 9.11. The number of allylic oxidation sites excluding steroid dienone is 1. The van der Waals surface area contributed by atoms with E-state index in [1.165, 1.54) is 29.5 Å². The molecule has 94 valence electrons. The molecular formula is C14H8ClNO2S. The molecule has 1 N–H and O–H groups in total. The Hall–Kier alpha value is -2.09. The minimum Gasteiger partial charge on any atom is -0.506 e. The summed E-state index contributed by atoms with van der Waals surface area (Å²) in [6.45, 7) is 0. The third-order valence-corrected chi connectivity index (χ3v) is 3.56. The van der Waals surface area contributed by atoms with Crippen molar-refractivity contribution in [1.29, 1.82) is 5.26 Å². The summed E-state index contributed by atoms with van der Waals surface area (Å²) >= 11 is 7.06. The topological polar surface area (TPSA) is 61.1 Å². The second kappa shape index (κ2) is 5.70. The Kier molecular flexibility index (Phi) is 4.00. The minimum absolute atomic E-state index is 0.0317. The molecule has 0 atom stereocenters. The number of Topliss-reactive ketones (excluding diaryl/α,β-unsaturated/α-hetero) is 1. The molecular weight excluding hydrogens is 282 g/mol. The van der Waals surface area contributed by atoms with Crippen LogP contribution < -0.4 is 0 Å². The molecule has 19 heavy (non-hydrogen) atoms. The molecule has 0 spiro atoms. The van der Waals surface area contributed by atoms with Crippen LogP contribution in [0.25, 0.3) is 6.08 Å². The number of carbonyl (C=O) groups is 1. The fraction of sp³-hybridized carbons (Fsp3) is 0. The largest absolute Gasteiger partial charge is 0.506 e. The fourth-order valence-electron chi connectivity index (χ4n) is 1.47. The third kappa shape index (κ3) is 3.02. The highest BCUT2D eigenvalue weighted by Gasteiger charge is 2.13. The first-order valence-electron chi connectivity index (χ1n) is 5.30. The summed E-state index contributed by atoms with van der Waals surface area (Å²) < 4.78 is 0. The Labute approximate surface area is 119 Å². The molecule has 0 aliphatic carbocycles. The summed E-state index contributed by atoms with van der Waals surface area (Å²) in [7, 11) is 0. The molecule has 1 aromatic carbocycles. The van der Waals surface area contributed by atoms with Crippen molar-refractivity contribution < 1.29 is 9.90 Å². The summed E-state index contributed by atoms with van der Waals surface area (Å²) in [6.07, 6.45) is 1.45. The Morgan fingerprint density at radius 1 is 1.42 bits per heavy atom. The molecule has 0 saturated carbocycles. The molecule has 2 rings (SSSR count). The molecule has 2 aromatic rings. The summed E-state index contributed by atoms with van der Waals surface area (Å²) in [5.41, 5.74) is 0.619. The minimum atomic E-state index is -0.318. The highest BCUT2D eigenvalue weighted by atomic mass is 35.5. The first kappa shape index (κ1) is 13.3. The highest BCUT2D eigenvalue weighted by Crippen LogP contribution is 2.25. The van der Waals surface area contributed by atoms with Gasteiger partial charge in [0, 0.05) is 0 Å². The normalized spacial score (nSPS) is 11.1. The lowest BCUT2D eigenvalue weighted by atomic mass is 10.1. The quantitative estimate of drug-likeness (QED) is 0.529. The van der Waals surface area contributed by atoms with E-state index in [1.807, 2.05) is 6.07 Å². The number of nitrogens with zero attached hydrogens (tertiary/aromatic N) is 1. The van der Waals surface area contributed by atoms with E-state index in [2.05, 4.69) is 0 Å². The van der Waals surface area contributed by atoms with E-state index in [-0.39, 0.29) is 22.1 Å². The third-order valence-electron chi connectivity index (χ3n) is 2.39. The molecule has 1 heterocycles. The van der Waals surface area contributed by atoms with Crippen LogP contribution in [0.15, 0.2) is 41.3 Å². The second-order valence-corrected chi connectivity index (χ2v) is 5.04. The van der Waals surface area contributed by atoms with Crippen LogP contribution in [0.5, 0.6) is 5.75 Å². The average Bonchev–Trinajstić information content (AvgIpc) is 2.93. The van der Waals surface area contributed by atoms with Crippen LogP contribution in [0.4, 0.5) is 0 Å². The van der Waals surface area contributed by atoms with Crippen LogP contribution in [0.1, 0.15) is 15.2 Å². The summed E-state index contributed by atoms with van der Waals surface area (Å²) in [6, 6.07) is 9.80. The fourth-order valence-corrected chi connectivity index (χ4v) is 2.34. The number of carbonyl (C=O) groups excluding carboxylic acids is 1. The molecule has 1 aromatic heterocycles. The monoisotopic (exact) mass is 289 g/mol. The van der Waals surface area contributed by atoms with Crippen molar-refractivity contribution in [1.82, 2.24) is 0 Å². The van der Waals surface area contributed by atoms with Crippen molar-refractivity contribution in [3.8, 4) is 11.8 Å². The number of phenolic OH excluding ortho intramolecular Hbond substituents is 1. The van der Waals surface area contributed by atoms with Crippen LogP contribution in [0.2, 0.25) is 5.02 Å². The second-order valence-electron chi connectivity index (χ2n) is 3.69. The summed E-state index contributed by atoms with van der Waals surface area (Å²) in [4.78, 5) is 12.5. The maximum Gasteiger partial charge on any atom is 0.213 e. The van der Waals surface area contributed by atoms with Crippen LogP contribution in [-0.2, 0) is 0 Å². The van der Waals surface area contributed by atoms with Crippen LogP contribution in [0.3, 0.4) is 0 Å². The number of rotatable bonds is 3. The van der Waals surface area contributed by atoms with Crippen molar-refractivity contribution in [2.45, 2.75) is 0 Å². The molecule has 3 nitrogen and oxygen atoms in total. The van der Waals surface area contributed by atoms with E-state index < -0.39 is 0 Å². The number of halogens is 1. The van der Waals surface area contributed by atoms with Crippen molar-refractivity contribution in [3.05, 3.63) is 56.7 Å². The molecule has 0 aliphatic heterocycles. The maximum atomic E-state index is 12.0. The van der Waals surface area contributed by atoms with Crippen molar-refractivity contribution in [2.24, 2.45) is 0 Å². The lowest BCUT2D eigenvalue weighted by Crippen LogP contribution is -1.98. The zero-order chi connectivity index (χ0) is 13.8. The van der Waals surface area contributed by atoms with E-state index in [0.717, 1.165) is 0 Å². The summed E-state index contributed by atoms with van der Waals surface area (Å²) in [5.74, 6) is -0.358. The van der Waals surface area contributed by atoms with Crippen LogP contribution in [0, 0.1) is 11.3 Å². The van der Waals surface area contributed by atoms with Gasteiger partial charge in [-0.15, -0.1) is 11.3 Å². The Balaban J connectivity index is 2.37. The lowest BCUT2D eigenvalue weighted by molar-refractivity contribution is 0.104. The van der Waals surface area contributed by atoms with Gasteiger partial charge in [-0.2, -0.15) is 5.26 Å². The Morgan fingerprint density at radius 2 is 2.21 bits per heavy atom. The smallest absolute Gasteiger partial charge is 0.213 e. The van der Waals surface area contributed by atoms with E-state index in [4.69, 9.17) is 16.9 Å². The first-order valence-corrected chi connectivity index (χ1v) is 6.56. The molecule has 5 heteroatoms. The van der Waals surface area contributed by atoms with Gasteiger partial charge in [0.15, 0.2) is 0 Å². The van der Waals surface area contributed by atoms with E-state index in [0.29, 0.717) is 10.4 Å². The van der Waals surface area contributed by atoms with Crippen molar-refractivity contribution >= 4 is 34.8 Å². The molecule has 0 unspecified atom stereocenters. The van der Waals surface area contributed by atoms with Gasteiger partial charge in [0.05, 0.1) is 9.90 Å².